The Hall–Kier alpha value is -1.26. The van der Waals surface area contributed by atoms with Gasteiger partial charge in [-0.1, -0.05) is 25.4 Å². The van der Waals surface area contributed by atoms with Gasteiger partial charge >= 0.3 is 0 Å². The molecular formula is C13H18ClN3O. The molecule has 2 rings (SSSR count). The van der Waals surface area contributed by atoms with E-state index < -0.39 is 0 Å². The highest BCUT2D eigenvalue weighted by molar-refractivity contribution is 6.31. The minimum atomic E-state index is 0.435. The molecule has 0 radical (unpaired) electrons. The van der Waals surface area contributed by atoms with E-state index in [2.05, 4.69) is 24.3 Å². The minimum absolute atomic E-state index is 0.435. The van der Waals surface area contributed by atoms with E-state index in [1.807, 2.05) is 23.9 Å². The van der Waals surface area contributed by atoms with Crippen molar-refractivity contribution < 1.29 is 4.42 Å². The molecule has 0 atom stereocenters. The zero-order chi connectivity index (χ0) is 13.1. The Kier molecular flexibility index (Phi) is 4.09. The third-order valence-corrected chi connectivity index (χ3v) is 3.10. The number of hydrogen-bond acceptors (Lipinski definition) is 3. The second kappa shape index (κ2) is 5.59. The van der Waals surface area contributed by atoms with Gasteiger partial charge in [0.15, 0.2) is 0 Å². The summed E-state index contributed by atoms with van der Waals surface area (Å²) in [6, 6.07) is 2.41. The lowest BCUT2D eigenvalue weighted by Gasteiger charge is -2.07. The molecule has 0 aliphatic heterocycles. The lowest BCUT2D eigenvalue weighted by Crippen LogP contribution is -2.22. The van der Waals surface area contributed by atoms with E-state index in [4.69, 9.17) is 16.0 Å². The number of aryl methyl sites for hydroxylation is 1. The monoisotopic (exact) mass is 267 g/mol. The fourth-order valence-electron chi connectivity index (χ4n) is 1.71. The minimum Gasteiger partial charge on any atom is -0.468 e. The van der Waals surface area contributed by atoms with Crippen LogP contribution in [0.3, 0.4) is 0 Å². The maximum absolute atomic E-state index is 5.99. The summed E-state index contributed by atoms with van der Waals surface area (Å²) in [6.45, 7) is 7.53. The molecule has 0 fully saturated rings. The molecule has 0 aliphatic carbocycles. The highest BCUT2D eigenvalue weighted by atomic mass is 35.5. The largest absolute Gasteiger partial charge is 0.468 e. The second-order valence-electron chi connectivity index (χ2n) is 4.66. The molecule has 0 saturated heterocycles. The molecule has 2 aromatic heterocycles. The lowest BCUT2D eigenvalue weighted by molar-refractivity contribution is 0.458. The van der Waals surface area contributed by atoms with Crippen LogP contribution in [0.15, 0.2) is 22.9 Å². The summed E-state index contributed by atoms with van der Waals surface area (Å²) in [7, 11) is 0. The Morgan fingerprint density at radius 2 is 2.28 bits per heavy atom. The van der Waals surface area contributed by atoms with Crippen LogP contribution in [-0.4, -0.2) is 15.8 Å². The first kappa shape index (κ1) is 13.2. The second-order valence-corrected chi connectivity index (χ2v) is 5.07. The first-order valence-corrected chi connectivity index (χ1v) is 6.42. The van der Waals surface area contributed by atoms with Crippen molar-refractivity contribution in [3.05, 3.63) is 40.6 Å². The Labute approximate surface area is 112 Å². The van der Waals surface area contributed by atoms with Gasteiger partial charge in [0.2, 0.25) is 0 Å². The van der Waals surface area contributed by atoms with Crippen molar-refractivity contribution in [1.29, 1.82) is 0 Å². The van der Waals surface area contributed by atoms with Crippen LogP contribution in [0, 0.1) is 6.92 Å². The molecule has 98 valence electrons. The van der Waals surface area contributed by atoms with Gasteiger partial charge in [0.1, 0.15) is 5.76 Å². The Morgan fingerprint density at radius 1 is 1.50 bits per heavy atom. The number of rotatable bonds is 5. The molecule has 0 bridgehead atoms. The molecule has 2 aromatic rings. The Morgan fingerprint density at radius 3 is 2.89 bits per heavy atom. The molecule has 0 unspecified atom stereocenters. The molecule has 0 spiro atoms. The smallest absolute Gasteiger partial charge is 0.122 e. The summed E-state index contributed by atoms with van der Waals surface area (Å²) in [4.78, 5) is 0. The van der Waals surface area contributed by atoms with Crippen molar-refractivity contribution in [1.82, 2.24) is 15.1 Å². The van der Waals surface area contributed by atoms with Crippen LogP contribution < -0.4 is 5.32 Å². The standard InChI is InChI=1S/C13H18ClN3O/c1-9(2)15-6-13-11(4-5-18-13)7-17-8-12(14)10(3)16-17/h4-5,8-9,15H,6-7H2,1-3H3. The zero-order valence-electron chi connectivity index (χ0n) is 10.9. The maximum Gasteiger partial charge on any atom is 0.122 e. The van der Waals surface area contributed by atoms with Gasteiger partial charge in [0.25, 0.3) is 0 Å². The van der Waals surface area contributed by atoms with E-state index in [-0.39, 0.29) is 0 Å². The number of halogens is 1. The summed E-state index contributed by atoms with van der Waals surface area (Å²) < 4.78 is 7.32. The van der Waals surface area contributed by atoms with Crippen LogP contribution >= 0.6 is 11.6 Å². The van der Waals surface area contributed by atoms with Crippen LogP contribution in [0.25, 0.3) is 0 Å². The van der Waals surface area contributed by atoms with Crippen LogP contribution in [0.1, 0.15) is 30.9 Å². The average molecular weight is 268 g/mol. The van der Waals surface area contributed by atoms with Crippen molar-refractivity contribution in [2.75, 3.05) is 0 Å². The topological polar surface area (TPSA) is 43.0 Å². The maximum atomic E-state index is 5.99. The van der Waals surface area contributed by atoms with Crippen molar-refractivity contribution in [3.8, 4) is 0 Å². The third kappa shape index (κ3) is 3.15. The highest BCUT2D eigenvalue weighted by Gasteiger charge is 2.09. The number of nitrogens with zero attached hydrogens (tertiary/aromatic N) is 2. The molecule has 0 amide bonds. The predicted octanol–water partition coefficient (Wildman–Crippen LogP) is 2.98. The molecule has 4 nitrogen and oxygen atoms in total. The fourth-order valence-corrected chi connectivity index (χ4v) is 1.86. The summed E-state index contributed by atoms with van der Waals surface area (Å²) in [6.07, 6.45) is 3.55. The lowest BCUT2D eigenvalue weighted by atomic mass is 10.2. The van der Waals surface area contributed by atoms with Crippen molar-refractivity contribution in [2.45, 2.75) is 39.9 Å². The van der Waals surface area contributed by atoms with Crippen LogP contribution in [0.5, 0.6) is 0 Å². The normalized spacial score (nSPS) is 11.4. The first-order chi connectivity index (χ1) is 8.56. The van der Waals surface area contributed by atoms with Gasteiger partial charge < -0.3 is 9.73 Å². The fraction of sp³-hybridized carbons (Fsp3) is 0.462. The van der Waals surface area contributed by atoms with E-state index in [1.165, 1.54) is 0 Å². The van der Waals surface area contributed by atoms with Crippen LogP contribution in [-0.2, 0) is 13.1 Å². The summed E-state index contributed by atoms with van der Waals surface area (Å²) in [5, 5.41) is 8.38. The van der Waals surface area contributed by atoms with Crippen molar-refractivity contribution >= 4 is 11.6 Å². The SMILES string of the molecule is Cc1nn(Cc2ccoc2CNC(C)C)cc1Cl. The number of nitrogens with one attached hydrogen (secondary N) is 1. The van der Waals surface area contributed by atoms with Crippen molar-refractivity contribution in [3.63, 3.8) is 0 Å². The Balaban J connectivity index is 2.07. The Bertz CT molecular complexity index is 497. The zero-order valence-corrected chi connectivity index (χ0v) is 11.7. The van der Waals surface area contributed by atoms with Gasteiger partial charge in [-0.25, -0.2) is 0 Å². The van der Waals surface area contributed by atoms with Gasteiger partial charge in [-0.2, -0.15) is 5.10 Å². The molecular weight excluding hydrogens is 250 g/mol. The van der Waals surface area contributed by atoms with Crippen LogP contribution in [0.4, 0.5) is 0 Å². The summed E-state index contributed by atoms with van der Waals surface area (Å²) in [5.41, 5.74) is 1.98. The van der Waals surface area contributed by atoms with E-state index in [0.29, 0.717) is 17.6 Å². The molecule has 18 heavy (non-hydrogen) atoms. The van der Waals surface area contributed by atoms with Gasteiger partial charge in [-0.05, 0) is 13.0 Å². The van der Waals surface area contributed by atoms with E-state index in [0.717, 1.165) is 23.6 Å². The molecule has 1 N–H and O–H groups in total. The number of hydrogen-bond donors (Lipinski definition) is 1. The first-order valence-electron chi connectivity index (χ1n) is 6.04. The number of aromatic nitrogens is 2. The van der Waals surface area contributed by atoms with Gasteiger partial charge in [0.05, 0.1) is 30.1 Å². The molecule has 0 aromatic carbocycles. The molecule has 2 heterocycles. The predicted molar refractivity (Wildman–Crippen MR) is 71.8 cm³/mol. The van der Waals surface area contributed by atoms with E-state index in [9.17, 15) is 0 Å². The average Bonchev–Trinajstić information content (AvgIpc) is 2.85. The number of furan rings is 1. The van der Waals surface area contributed by atoms with Gasteiger partial charge in [0, 0.05) is 17.8 Å². The molecule has 0 saturated carbocycles. The summed E-state index contributed by atoms with van der Waals surface area (Å²) in [5.74, 6) is 0.952. The van der Waals surface area contributed by atoms with Gasteiger partial charge in [-0.15, -0.1) is 0 Å². The highest BCUT2D eigenvalue weighted by Crippen LogP contribution is 2.16. The molecule has 5 heteroatoms. The quantitative estimate of drug-likeness (QED) is 0.906. The van der Waals surface area contributed by atoms with E-state index in [1.54, 1.807) is 6.26 Å². The van der Waals surface area contributed by atoms with Crippen molar-refractivity contribution in [2.24, 2.45) is 0 Å². The van der Waals surface area contributed by atoms with E-state index >= 15 is 0 Å². The summed E-state index contributed by atoms with van der Waals surface area (Å²) >= 11 is 5.99. The van der Waals surface area contributed by atoms with Gasteiger partial charge in [-0.3, -0.25) is 4.68 Å². The molecule has 0 aliphatic rings. The van der Waals surface area contributed by atoms with Crippen LogP contribution in [0.2, 0.25) is 5.02 Å². The third-order valence-electron chi connectivity index (χ3n) is 2.73.